The Morgan fingerprint density at radius 2 is 2.12 bits per heavy atom. The molecule has 0 aliphatic carbocycles. The summed E-state index contributed by atoms with van der Waals surface area (Å²) >= 11 is 0. The molecule has 1 aliphatic rings. The van der Waals surface area contributed by atoms with E-state index in [1.807, 2.05) is 26.8 Å². The number of piperidine rings is 1. The predicted molar refractivity (Wildman–Crippen MR) is 89.5 cm³/mol. The van der Waals surface area contributed by atoms with Crippen LogP contribution in [-0.2, 0) is 4.74 Å². The van der Waals surface area contributed by atoms with E-state index in [4.69, 9.17) is 10.00 Å². The van der Waals surface area contributed by atoms with E-state index in [2.05, 4.69) is 5.32 Å². The molecule has 128 valence electrons. The summed E-state index contributed by atoms with van der Waals surface area (Å²) < 4.78 is 5.38. The van der Waals surface area contributed by atoms with Crippen molar-refractivity contribution in [3.8, 4) is 6.07 Å². The van der Waals surface area contributed by atoms with Gasteiger partial charge in [-0.1, -0.05) is 6.07 Å². The van der Waals surface area contributed by atoms with Crippen LogP contribution in [0.5, 0.6) is 0 Å². The summed E-state index contributed by atoms with van der Waals surface area (Å²) in [6, 6.07) is 8.47. The first kappa shape index (κ1) is 17.8. The van der Waals surface area contributed by atoms with Gasteiger partial charge in [-0.15, -0.1) is 0 Å². The van der Waals surface area contributed by atoms with Crippen molar-refractivity contribution in [1.82, 2.24) is 10.2 Å². The zero-order valence-electron chi connectivity index (χ0n) is 14.3. The van der Waals surface area contributed by atoms with E-state index >= 15 is 0 Å². The molecule has 2 rings (SSSR count). The Kier molecular flexibility index (Phi) is 5.45. The molecule has 1 saturated heterocycles. The molecule has 0 saturated carbocycles. The van der Waals surface area contributed by atoms with Crippen molar-refractivity contribution >= 4 is 12.0 Å². The molecule has 6 heteroatoms. The van der Waals surface area contributed by atoms with Gasteiger partial charge in [-0.3, -0.25) is 4.79 Å². The van der Waals surface area contributed by atoms with Crippen LogP contribution in [0.15, 0.2) is 24.3 Å². The maximum Gasteiger partial charge on any atom is 0.410 e. The number of carbonyl (C=O) groups excluding carboxylic acids is 2. The van der Waals surface area contributed by atoms with Gasteiger partial charge in [-0.25, -0.2) is 4.79 Å². The van der Waals surface area contributed by atoms with Crippen LogP contribution in [0.3, 0.4) is 0 Å². The zero-order valence-corrected chi connectivity index (χ0v) is 14.3. The fourth-order valence-electron chi connectivity index (χ4n) is 2.59. The Bertz CT molecular complexity index is 658. The molecular weight excluding hydrogens is 306 g/mol. The maximum atomic E-state index is 12.3. The van der Waals surface area contributed by atoms with Gasteiger partial charge < -0.3 is 15.0 Å². The van der Waals surface area contributed by atoms with Gasteiger partial charge in [-0.2, -0.15) is 5.26 Å². The smallest absolute Gasteiger partial charge is 0.410 e. The molecule has 1 fully saturated rings. The first-order valence-electron chi connectivity index (χ1n) is 8.07. The molecule has 1 N–H and O–H groups in total. The molecule has 0 unspecified atom stereocenters. The Morgan fingerprint density at radius 3 is 2.79 bits per heavy atom. The SMILES string of the molecule is CC(C)(C)OC(=O)N1CCC[C@H](NC(=O)c2cccc(C#N)c2)C1. The fraction of sp³-hybridized carbons (Fsp3) is 0.500. The number of nitrogens with one attached hydrogen (secondary N) is 1. The van der Waals surface area contributed by atoms with Crippen LogP contribution >= 0.6 is 0 Å². The number of hydrogen-bond acceptors (Lipinski definition) is 4. The first-order valence-corrected chi connectivity index (χ1v) is 8.07. The molecule has 1 aliphatic heterocycles. The van der Waals surface area contributed by atoms with Crippen LogP contribution in [0.25, 0.3) is 0 Å². The molecule has 0 radical (unpaired) electrons. The highest BCUT2D eigenvalue weighted by Gasteiger charge is 2.28. The molecule has 2 amide bonds. The quantitative estimate of drug-likeness (QED) is 0.904. The summed E-state index contributed by atoms with van der Waals surface area (Å²) in [6.45, 7) is 6.55. The van der Waals surface area contributed by atoms with Gasteiger partial charge in [0, 0.05) is 24.7 Å². The lowest BCUT2D eigenvalue weighted by molar-refractivity contribution is 0.0185. The van der Waals surface area contributed by atoms with Gasteiger partial charge in [0.2, 0.25) is 0 Å². The maximum absolute atomic E-state index is 12.3. The minimum absolute atomic E-state index is 0.121. The summed E-state index contributed by atoms with van der Waals surface area (Å²) in [5, 5.41) is 11.9. The molecule has 1 aromatic rings. The summed E-state index contributed by atoms with van der Waals surface area (Å²) in [7, 11) is 0. The fourth-order valence-corrected chi connectivity index (χ4v) is 2.59. The Morgan fingerprint density at radius 1 is 1.38 bits per heavy atom. The van der Waals surface area contributed by atoms with Crippen molar-refractivity contribution in [2.24, 2.45) is 0 Å². The van der Waals surface area contributed by atoms with E-state index < -0.39 is 5.60 Å². The van der Waals surface area contributed by atoms with Crippen LogP contribution in [0.2, 0.25) is 0 Å². The summed E-state index contributed by atoms with van der Waals surface area (Å²) in [5.41, 5.74) is 0.357. The Labute approximate surface area is 142 Å². The molecule has 0 aromatic heterocycles. The van der Waals surface area contributed by atoms with Crippen LogP contribution in [0, 0.1) is 11.3 Å². The van der Waals surface area contributed by atoms with E-state index in [1.54, 1.807) is 29.2 Å². The number of rotatable bonds is 2. The molecule has 24 heavy (non-hydrogen) atoms. The number of ether oxygens (including phenoxy) is 1. The van der Waals surface area contributed by atoms with Crippen molar-refractivity contribution in [3.63, 3.8) is 0 Å². The van der Waals surface area contributed by atoms with Crippen LogP contribution in [0.1, 0.15) is 49.5 Å². The predicted octanol–water partition coefficient (Wildman–Crippen LogP) is 2.69. The van der Waals surface area contributed by atoms with Gasteiger partial charge in [0.05, 0.1) is 11.6 Å². The van der Waals surface area contributed by atoms with Gasteiger partial charge in [0.15, 0.2) is 0 Å². The highest BCUT2D eigenvalue weighted by atomic mass is 16.6. The summed E-state index contributed by atoms with van der Waals surface area (Å²) in [5.74, 6) is -0.233. The molecule has 1 heterocycles. The topological polar surface area (TPSA) is 82.4 Å². The number of amides is 2. The average molecular weight is 329 g/mol. The van der Waals surface area contributed by atoms with E-state index in [-0.39, 0.29) is 18.0 Å². The first-order chi connectivity index (χ1) is 11.3. The Balaban J connectivity index is 1.96. The van der Waals surface area contributed by atoms with Gasteiger partial charge in [0.1, 0.15) is 5.60 Å². The second-order valence-electron chi connectivity index (χ2n) is 6.93. The van der Waals surface area contributed by atoms with Crippen molar-refractivity contribution in [1.29, 1.82) is 5.26 Å². The minimum atomic E-state index is -0.537. The monoisotopic (exact) mass is 329 g/mol. The summed E-state index contributed by atoms with van der Waals surface area (Å²) in [6.07, 6.45) is 1.26. The van der Waals surface area contributed by atoms with E-state index in [9.17, 15) is 9.59 Å². The van der Waals surface area contributed by atoms with Gasteiger partial charge in [-0.05, 0) is 51.8 Å². The number of nitrogens with zero attached hydrogens (tertiary/aromatic N) is 2. The Hall–Kier alpha value is -2.55. The number of likely N-dealkylation sites (tertiary alicyclic amines) is 1. The average Bonchev–Trinajstić information content (AvgIpc) is 2.53. The van der Waals surface area contributed by atoms with Crippen molar-refractivity contribution in [2.75, 3.05) is 13.1 Å². The third kappa shape index (κ3) is 4.98. The van der Waals surface area contributed by atoms with Crippen molar-refractivity contribution in [2.45, 2.75) is 45.3 Å². The minimum Gasteiger partial charge on any atom is -0.444 e. The van der Waals surface area contributed by atoms with Crippen molar-refractivity contribution < 1.29 is 14.3 Å². The molecular formula is C18H23N3O3. The second-order valence-corrected chi connectivity index (χ2v) is 6.93. The third-order valence-corrected chi connectivity index (χ3v) is 3.66. The lowest BCUT2D eigenvalue weighted by Crippen LogP contribution is -2.50. The lowest BCUT2D eigenvalue weighted by atomic mass is 10.0. The van der Waals surface area contributed by atoms with E-state index in [0.717, 1.165) is 12.8 Å². The lowest BCUT2D eigenvalue weighted by Gasteiger charge is -2.34. The highest BCUT2D eigenvalue weighted by molar-refractivity contribution is 5.94. The summed E-state index contributed by atoms with van der Waals surface area (Å²) in [4.78, 5) is 26.1. The van der Waals surface area contributed by atoms with Gasteiger partial charge in [0.25, 0.3) is 5.91 Å². The van der Waals surface area contributed by atoms with E-state index in [0.29, 0.717) is 24.2 Å². The third-order valence-electron chi connectivity index (χ3n) is 3.66. The molecule has 6 nitrogen and oxygen atoms in total. The number of hydrogen-bond donors (Lipinski definition) is 1. The van der Waals surface area contributed by atoms with E-state index in [1.165, 1.54) is 0 Å². The van der Waals surface area contributed by atoms with Crippen LogP contribution in [0.4, 0.5) is 4.79 Å². The van der Waals surface area contributed by atoms with Crippen LogP contribution in [-0.4, -0.2) is 41.6 Å². The largest absolute Gasteiger partial charge is 0.444 e. The molecule has 0 spiro atoms. The number of carbonyl (C=O) groups is 2. The standard InChI is InChI=1S/C18H23N3O3/c1-18(2,3)24-17(23)21-9-5-8-15(12-21)20-16(22)14-7-4-6-13(10-14)11-19/h4,6-7,10,15H,5,8-9,12H2,1-3H3,(H,20,22)/t15-/m0/s1. The molecule has 1 aromatic carbocycles. The molecule has 0 bridgehead atoms. The zero-order chi connectivity index (χ0) is 17.7. The van der Waals surface area contributed by atoms with Crippen LogP contribution < -0.4 is 5.32 Å². The van der Waals surface area contributed by atoms with Crippen molar-refractivity contribution in [3.05, 3.63) is 35.4 Å². The highest BCUT2D eigenvalue weighted by Crippen LogP contribution is 2.16. The number of nitriles is 1. The normalized spacial score (nSPS) is 17.8. The van der Waals surface area contributed by atoms with Gasteiger partial charge >= 0.3 is 6.09 Å². The number of benzene rings is 1. The second kappa shape index (κ2) is 7.35. The molecule has 1 atom stereocenters.